The van der Waals surface area contributed by atoms with Crippen molar-refractivity contribution >= 4 is 11.8 Å². The molecule has 0 heterocycles. The second-order valence-corrected chi connectivity index (χ2v) is 4.92. The van der Waals surface area contributed by atoms with E-state index < -0.39 is 5.51 Å². The monoisotopic (exact) mass is 243 g/mol. The van der Waals surface area contributed by atoms with Gasteiger partial charge in [-0.1, -0.05) is 6.42 Å². The summed E-state index contributed by atoms with van der Waals surface area (Å²) in [5.74, 6) is 0.257. The van der Waals surface area contributed by atoms with Gasteiger partial charge >= 0.3 is 5.51 Å². The third-order valence-corrected chi connectivity index (χ3v) is 3.31. The molecule has 2 N–H and O–H groups in total. The van der Waals surface area contributed by atoms with E-state index in [0.717, 1.165) is 19.3 Å². The highest BCUT2D eigenvalue weighted by atomic mass is 32.2. The van der Waals surface area contributed by atoms with Gasteiger partial charge in [0.25, 0.3) is 0 Å². The molecule has 15 heavy (non-hydrogen) atoms. The molecule has 2 nitrogen and oxygen atoms in total. The molecule has 0 radical (unpaired) electrons. The summed E-state index contributed by atoms with van der Waals surface area (Å²) in [5, 5.41) is 12.4. The Morgan fingerprint density at radius 1 is 1.33 bits per heavy atom. The Morgan fingerprint density at radius 2 is 2.07 bits per heavy atom. The summed E-state index contributed by atoms with van der Waals surface area (Å²) >= 11 is -0.00814. The summed E-state index contributed by atoms with van der Waals surface area (Å²) in [5.41, 5.74) is -4.13. The molecule has 0 bridgehead atoms. The summed E-state index contributed by atoms with van der Waals surface area (Å²) in [6.07, 6.45) is 2.54. The van der Waals surface area contributed by atoms with Gasteiger partial charge in [0.2, 0.25) is 0 Å². The van der Waals surface area contributed by atoms with Gasteiger partial charge < -0.3 is 10.4 Å². The highest BCUT2D eigenvalue weighted by molar-refractivity contribution is 8.00. The Morgan fingerprint density at radius 3 is 2.60 bits per heavy atom. The van der Waals surface area contributed by atoms with Crippen LogP contribution in [0.25, 0.3) is 0 Å². The number of thioether (sulfide) groups is 1. The normalized spacial score (nSPS) is 27.2. The van der Waals surface area contributed by atoms with Gasteiger partial charge in [0.1, 0.15) is 0 Å². The Kier molecular flexibility index (Phi) is 5.22. The first kappa shape index (κ1) is 13.1. The summed E-state index contributed by atoms with van der Waals surface area (Å²) in [4.78, 5) is 0. The largest absolute Gasteiger partial charge is 0.441 e. The van der Waals surface area contributed by atoms with Crippen molar-refractivity contribution < 1.29 is 18.3 Å². The molecule has 0 aromatic heterocycles. The van der Waals surface area contributed by atoms with E-state index in [-0.39, 0.29) is 29.5 Å². The van der Waals surface area contributed by atoms with Crippen LogP contribution in [-0.2, 0) is 0 Å². The molecule has 6 heteroatoms. The Labute approximate surface area is 91.6 Å². The van der Waals surface area contributed by atoms with Crippen molar-refractivity contribution in [2.24, 2.45) is 5.92 Å². The Bertz CT molecular complexity index is 189. The maximum atomic E-state index is 11.7. The SMILES string of the molecule is OC1CCCC1CNCCSC(F)(F)F. The Hall–Kier alpha value is 0.0600. The molecule has 1 rings (SSSR count). The molecule has 0 amide bonds. The van der Waals surface area contributed by atoms with Crippen molar-refractivity contribution in [1.29, 1.82) is 0 Å². The second kappa shape index (κ2) is 5.96. The van der Waals surface area contributed by atoms with E-state index in [1.54, 1.807) is 0 Å². The number of hydrogen-bond acceptors (Lipinski definition) is 3. The van der Waals surface area contributed by atoms with Crippen LogP contribution in [0.2, 0.25) is 0 Å². The molecule has 90 valence electrons. The van der Waals surface area contributed by atoms with E-state index in [0.29, 0.717) is 13.1 Å². The maximum Gasteiger partial charge on any atom is 0.441 e. The maximum absolute atomic E-state index is 11.7. The first-order valence-corrected chi connectivity index (χ1v) is 6.07. The van der Waals surface area contributed by atoms with Crippen molar-refractivity contribution in [2.45, 2.75) is 30.9 Å². The number of halogens is 3. The molecule has 1 saturated carbocycles. The third-order valence-electron chi connectivity index (χ3n) is 2.57. The highest BCUT2D eigenvalue weighted by Crippen LogP contribution is 2.29. The van der Waals surface area contributed by atoms with Crippen molar-refractivity contribution in [3.63, 3.8) is 0 Å². The molecule has 1 aliphatic carbocycles. The number of hydrogen-bond donors (Lipinski definition) is 2. The molecule has 2 unspecified atom stereocenters. The molecule has 0 aromatic carbocycles. The zero-order valence-corrected chi connectivity index (χ0v) is 9.20. The molecular weight excluding hydrogens is 227 g/mol. The van der Waals surface area contributed by atoms with Gasteiger partial charge in [0.15, 0.2) is 0 Å². The van der Waals surface area contributed by atoms with Crippen molar-refractivity contribution in [3.8, 4) is 0 Å². The fourth-order valence-corrected chi connectivity index (χ4v) is 2.26. The van der Waals surface area contributed by atoms with E-state index in [1.807, 2.05) is 0 Å². The molecule has 0 saturated heterocycles. The van der Waals surface area contributed by atoms with Crippen LogP contribution >= 0.6 is 11.8 Å². The van der Waals surface area contributed by atoms with Crippen molar-refractivity contribution in [2.75, 3.05) is 18.8 Å². The quantitative estimate of drug-likeness (QED) is 0.724. The average Bonchev–Trinajstić information content (AvgIpc) is 2.49. The predicted octanol–water partition coefficient (Wildman–Crippen LogP) is 1.99. The van der Waals surface area contributed by atoms with Crippen LogP contribution in [-0.4, -0.2) is 35.6 Å². The number of aliphatic hydroxyl groups is 1. The smallest absolute Gasteiger partial charge is 0.393 e. The van der Waals surface area contributed by atoms with Crippen LogP contribution in [0, 0.1) is 5.92 Å². The third kappa shape index (κ3) is 5.63. The zero-order valence-electron chi connectivity index (χ0n) is 8.39. The summed E-state index contributed by atoms with van der Waals surface area (Å²) in [6, 6.07) is 0. The molecule has 0 aliphatic heterocycles. The predicted molar refractivity (Wildman–Crippen MR) is 54.7 cm³/mol. The van der Waals surface area contributed by atoms with E-state index in [9.17, 15) is 18.3 Å². The minimum atomic E-state index is -4.13. The molecule has 1 aliphatic rings. The van der Waals surface area contributed by atoms with Crippen LogP contribution < -0.4 is 5.32 Å². The zero-order chi connectivity index (χ0) is 11.3. The van der Waals surface area contributed by atoms with Gasteiger partial charge in [-0.25, -0.2) is 0 Å². The minimum absolute atomic E-state index is 0.00814. The van der Waals surface area contributed by atoms with Gasteiger partial charge in [0.05, 0.1) is 6.10 Å². The van der Waals surface area contributed by atoms with E-state index in [2.05, 4.69) is 5.32 Å². The fraction of sp³-hybridized carbons (Fsp3) is 1.00. The van der Waals surface area contributed by atoms with Crippen LogP contribution in [0.1, 0.15) is 19.3 Å². The van der Waals surface area contributed by atoms with E-state index >= 15 is 0 Å². The topological polar surface area (TPSA) is 32.3 Å². The first-order valence-electron chi connectivity index (χ1n) is 5.08. The van der Waals surface area contributed by atoms with Gasteiger partial charge in [-0.15, -0.1) is 0 Å². The van der Waals surface area contributed by atoms with Crippen LogP contribution in [0.5, 0.6) is 0 Å². The minimum Gasteiger partial charge on any atom is -0.393 e. The Balaban J connectivity index is 1.97. The van der Waals surface area contributed by atoms with Crippen LogP contribution in [0.3, 0.4) is 0 Å². The lowest BCUT2D eigenvalue weighted by molar-refractivity contribution is -0.0327. The molecule has 2 atom stereocenters. The number of rotatable bonds is 5. The molecule has 0 aromatic rings. The standard InChI is InChI=1S/C9H16F3NOS/c10-9(11,12)15-5-4-13-6-7-2-1-3-8(7)14/h7-8,13-14H,1-6H2. The van der Waals surface area contributed by atoms with Gasteiger partial charge in [-0.3, -0.25) is 0 Å². The summed E-state index contributed by atoms with van der Waals surface area (Å²) in [7, 11) is 0. The van der Waals surface area contributed by atoms with Gasteiger partial charge in [0, 0.05) is 18.8 Å². The lowest BCUT2D eigenvalue weighted by atomic mass is 10.1. The average molecular weight is 243 g/mol. The first-order chi connectivity index (χ1) is 6.99. The van der Waals surface area contributed by atoms with Crippen molar-refractivity contribution in [3.05, 3.63) is 0 Å². The summed E-state index contributed by atoms with van der Waals surface area (Å²) in [6.45, 7) is 0.965. The molecule has 0 spiro atoms. The molecule has 1 fully saturated rings. The molecular formula is C9H16F3NOS. The van der Waals surface area contributed by atoms with Crippen LogP contribution in [0.4, 0.5) is 13.2 Å². The fourth-order valence-electron chi connectivity index (χ4n) is 1.78. The van der Waals surface area contributed by atoms with E-state index in [4.69, 9.17) is 0 Å². The summed E-state index contributed by atoms with van der Waals surface area (Å²) < 4.78 is 35.2. The highest BCUT2D eigenvalue weighted by Gasteiger charge is 2.28. The van der Waals surface area contributed by atoms with Gasteiger partial charge in [-0.2, -0.15) is 13.2 Å². The lowest BCUT2D eigenvalue weighted by Gasteiger charge is -2.15. The van der Waals surface area contributed by atoms with Gasteiger partial charge in [-0.05, 0) is 30.5 Å². The number of aliphatic hydroxyl groups excluding tert-OH is 1. The van der Waals surface area contributed by atoms with Crippen molar-refractivity contribution in [1.82, 2.24) is 5.32 Å². The van der Waals surface area contributed by atoms with E-state index in [1.165, 1.54) is 0 Å². The number of nitrogens with one attached hydrogen (secondary N) is 1. The van der Waals surface area contributed by atoms with Crippen LogP contribution in [0.15, 0.2) is 0 Å². The lowest BCUT2D eigenvalue weighted by Crippen LogP contribution is -2.29. The second-order valence-electron chi connectivity index (χ2n) is 3.76. The number of alkyl halides is 3.